The summed E-state index contributed by atoms with van der Waals surface area (Å²) in [5.74, 6) is 1.73. The van der Waals surface area contributed by atoms with Gasteiger partial charge in [-0.25, -0.2) is 0 Å². The van der Waals surface area contributed by atoms with E-state index in [2.05, 4.69) is 19.2 Å². The molecule has 0 aromatic rings. The Kier molecular flexibility index (Phi) is 9.28. The van der Waals surface area contributed by atoms with Crippen LogP contribution in [0.4, 0.5) is 0 Å². The normalized spacial score (nSPS) is 13.2. The first-order chi connectivity index (χ1) is 5.81. The van der Waals surface area contributed by atoms with Gasteiger partial charge < -0.3 is 5.32 Å². The number of nitrogens with one attached hydrogen (secondary N) is 1. The molecule has 12 heavy (non-hydrogen) atoms. The molecule has 2 nitrogen and oxygen atoms in total. The molecule has 0 spiro atoms. The van der Waals surface area contributed by atoms with Crippen molar-refractivity contribution in [3.8, 4) is 0 Å². The van der Waals surface area contributed by atoms with Crippen molar-refractivity contribution >= 4 is 10.8 Å². The van der Waals surface area contributed by atoms with E-state index in [-0.39, 0.29) is 0 Å². The summed E-state index contributed by atoms with van der Waals surface area (Å²) < 4.78 is 11.2. The molecule has 74 valence electrons. The monoisotopic (exact) mass is 191 g/mol. The van der Waals surface area contributed by atoms with Crippen molar-refractivity contribution in [1.29, 1.82) is 0 Å². The predicted octanol–water partition coefficient (Wildman–Crippen LogP) is 1.53. The van der Waals surface area contributed by atoms with E-state index in [1.165, 1.54) is 6.42 Å². The van der Waals surface area contributed by atoms with Gasteiger partial charge in [-0.3, -0.25) is 4.21 Å². The van der Waals surface area contributed by atoms with Gasteiger partial charge in [0.15, 0.2) is 0 Å². The first-order valence-corrected chi connectivity index (χ1v) is 6.35. The lowest BCUT2D eigenvalue weighted by atomic mass is 10.4. The van der Waals surface area contributed by atoms with E-state index >= 15 is 0 Å². The topological polar surface area (TPSA) is 29.1 Å². The van der Waals surface area contributed by atoms with Crippen molar-refractivity contribution in [3.05, 3.63) is 0 Å². The van der Waals surface area contributed by atoms with E-state index in [0.717, 1.165) is 37.4 Å². The Balaban J connectivity index is 3.03. The SMILES string of the molecule is CCCNCCCS(=O)CCC. The summed E-state index contributed by atoms with van der Waals surface area (Å²) in [5.41, 5.74) is 0. The summed E-state index contributed by atoms with van der Waals surface area (Å²) >= 11 is 0. The largest absolute Gasteiger partial charge is 0.317 e. The lowest BCUT2D eigenvalue weighted by Crippen LogP contribution is -2.18. The number of hydrogen-bond acceptors (Lipinski definition) is 2. The van der Waals surface area contributed by atoms with E-state index in [9.17, 15) is 4.21 Å². The third-order valence-electron chi connectivity index (χ3n) is 1.58. The van der Waals surface area contributed by atoms with Gasteiger partial charge in [-0.2, -0.15) is 0 Å². The maximum atomic E-state index is 11.2. The summed E-state index contributed by atoms with van der Waals surface area (Å²) in [6.45, 7) is 6.33. The molecule has 1 N–H and O–H groups in total. The van der Waals surface area contributed by atoms with Gasteiger partial charge in [0.05, 0.1) is 0 Å². The van der Waals surface area contributed by atoms with Crippen molar-refractivity contribution in [2.24, 2.45) is 0 Å². The highest BCUT2D eigenvalue weighted by Gasteiger charge is 1.96. The van der Waals surface area contributed by atoms with Crippen LogP contribution in [0.15, 0.2) is 0 Å². The molecule has 1 unspecified atom stereocenters. The molecule has 0 radical (unpaired) electrons. The highest BCUT2D eigenvalue weighted by Crippen LogP contribution is 1.89. The van der Waals surface area contributed by atoms with Gasteiger partial charge in [0, 0.05) is 22.3 Å². The molecule has 0 rings (SSSR count). The van der Waals surface area contributed by atoms with Gasteiger partial charge in [0.1, 0.15) is 0 Å². The summed E-state index contributed by atoms with van der Waals surface area (Å²) in [6, 6.07) is 0. The van der Waals surface area contributed by atoms with Crippen LogP contribution >= 0.6 is 0 Å². The Morgan fingerprint density at radius 2 is 1.83 bits per heavy atom. The second-order valence-corrected chi connectivity index (χ2v) is 4.65. The zero-order chi connectivity index (χ0) is 9.23. The summed E-state index contributed by atoms with van der Waals surface area (Å²) in [7, 11) is -0.565. The molecule has 0 saturated heterocycles. The molecule has 1 atom stereocenters. The standard InChI is InChI=1S/C9H21NOS/c1-3-6-10-7-5-9-12(11)8-4-2/h10H,3-9H2,1-2H3. The van der Waals surface area contributed by atoms with Crippen molar-refractivity contribution in [2.45, 2.75) is 33.1 Å². The molecule has 0 saturated carbocycles. The molecule has 0 aliphatic carbocycles. The fourth-order valence-electron chi connectivity index (χ4n) is 0.990. The van der Waals surface area contributed by atoms with Crippen LogP contribution in [0.3, 0.4) is 0 Å². The van der Waals surface area contributed by atoms with E-state index < -0.39 is 10.8 Å². The highest BCUT2D eigenvalue weighted by molar-refractivity contribution is 7.84. The molecule has 0 aromatic heterocycles. The zero-order valence-corrected chi connectivity index (χ0v) is 9.08. The van der Waals surface area contributed by atoms with Gasteiger partial charge in [-0.05, 0) is 32.4 Å². The third kappa shape index (κ3) is 8.21. The number of hydrogen-bond donors (Lipinski definition) is 1. The summed E-state index contributed by atoms with van der Waals surface area (Å²) in [4.78, 5) is 0. The van der Waals surface area contributed by atoms with Gasteiger partial charge in [0.2, 0.25) is 0 Å². The fourth-order valence-corrected chi connectivity index (χ4v) is 2.12. The smallest absolute Gasteiger partial charge is 0.0246 e. The van der Waals surface area contributed by atoms with Crippen molar-refractivity contribution in [2.75, 3.05) is 24.6 Å². The van der Waals surface area contributed by atoms with Crippen LogP contribution < -0.4 is 5.32 Å². The van der Waals surface area contributed by atoms with Crippen molar-refractivity contribution < 1.29 is 4.21 Å². The lowest BCUT2D eigenvalue weighted by Gasteiger charge is -2.02. The minimum absolute atomic E-state index is 0.565. The quantitative estimate of drug-likeness (QED) is 0.590. The fraction of sp³-hybridized carbons (Fsp3) is 1.00. The first-order valence-electron chi connectivity index (χ1n) is 4.87. The lowest BCUT2D eigenvalue weighted by molar-refractivity contribution is 0.652. The Morgan fingerprint density at radius 3 is 2.42 bits per heavy atom. The molecular formula is C9H21NOS. The average Bonchev–Trinajstić information content (AvgIpc) is 2.05. The molecular weight excluding hydrogens is 170 g/mol. The molecule has 0 heterocycles. The van der Waals surface area contributed by atoms with Crippen LogP contribution in [0.5, 0.6) is 0 Å². The Morgan fingerprint density at radius 1 is 1.08 bits per heavy atom. The van der Waals surface area contributed by atoms with Crippen LogP contribution in [-0.2, 0) is 10.8 Å². The predicted molar refractivity (Wildman–Crippen MR) is 55.9 cm³/mol. The minimum Gasteiger partial charge on any atom is -0.317 e. The second kappa shape index (κ2) is 9.20. The molecule has 0 aliphatic heterocycles. The maximum Gasteiger partial charge on any atom is 0.0246 e. The Hall–Kier alpha value is 0.110. The summed E-state index contributed by atoms with van der Waals surface area (Å²) in [5, 5.41) is 3.30. The molecule has 0 bridgehead atoms. The molecule has 0 aromatic carbocycles. The summed E-state index contributed by atoms with van der Waals surface area (Å²) in [6.07, 6.45) is 3.26. The Bertz CT molecular complexity index is 117. The van der Waals surface area contributed by atoms with Gasteiger partial charge >= 0.3 is 0 Å². The molecule has 0 fully saturated rings. The minimum atomic E-state index is -0.565. The van der Waals surface area contributed by atoms with Crippen LogP contribution in [-0.4, -0.2) is 28.8 Å². The number of rotatable bonds is 8. The van der Waals surface area contributed by atoms with Crippen molar-refractivity contribution in [1.82, 2.24) is 5.32 Å². The maximum absolute atomic E-state index is 11.2. The van der Waals surface area contributed by atoms with Gasteiger partial charge in [0.25, 0.3) is 0 Å². The molecule has 0 amide bonds. The van der Waals surface area contributed by atoms with Crippen molar-refractivity contribution in [3.63, 3.8) is 0 Å². The first kappa shape index (κ1) is 12.1. The van der Waals surface area contributed by atoms with E-state index in [1.54, 1.807) is 0 Å². The van der Waals surface area contributed by atoms with Gasteiger partial charge in [-0.15, -0.1) is 0 Å². The van der Waals surface area contributed by atoms with E-state index in [4.69, 9.17) is 0 Å². The third-order valence-corrected chi connectivity index (χ3v) is 3.19. The van der Waals surface area contributed by atoms with Gasteiger partial charge in [-0.1, -0.05) is 13.8 Å². The molecule has 0 aliphatic rings. The average molecular weight is 191 g/mol. The Labute approximate surface area is 78.6 Å². The zero-order valence-electron chi connectivity index (χ0n) is 8.27. The van der Waals surface area contributed by atoms with Crippen LogP contribution in [0.1, 0.15) is 33.1 Å². The van der Waals surface area contributed by atoms with Crippen LogP contribution in [0, 0.1) is 0 Å². The van der Waals surface area contributed by atoms with Crippen LogP contribution in [0.25, 0.3) is 0 Å². The van der Waals surface area contributed by atoms with Crippen LogP contribution in [0.2, 0.25) is 0 Å². The molecule has 3 heteroatoms. The van der Waals surface area contributed by atoms with E-state index in [0.29, 0.717) is 0 Å². The second-order valence-electron chi connectivity index (χ2n) is 2.95. The highest BCUT2D eigenvalue weighted by atomic mass is 32.2. The van der Waals surface area contributed by atoms with E-state index in [1.807, 2.05) is 0 Å².